The number of aliphatic hydroxyl groups excluding tert-OH is 1. The molecule has 1 N–H and O–H groups in total. The van der Waals surface area contributed by atoms with Gasteiger partial charge in [0, 0.05) is 23.6 Å². The predicted octanol–water partition coefficient (Wildman–Crippen LogP) is 2.84. The van der Waals surface area contributed by atoms with Crippen LogP contribution in [-0.4, -0.2) is 35.2 Å². The Morgan fingerprint density at radius 2 is 2.00 bits per heavy atom. The molecule has 0 saturated carbocycles. The van der Waals surface area contributed by atoms with Crippen LogP contribution in [0.3, 0.4) is 0 Å². The van der Waals surface area contributed by atoms with Crippen LogP contribution in [0.4, 0.5) is 0 Å². The maximum absolute atomic E-state index is 9.51. The van der Waals surface area contributed by atoms with Gasteiger partial charge in [0.1, 0.15) is 0 Å². The molecule has 0 amide bonds. The Balaban J connectivity index is 1.93. The van der Waals surface area contributed by atoms with Crippen molar-refractivity contribution in [3.05, 3.63) is 34.3 Å². The molecular weight excluding hydrogens is 278 g/mol. The summed E-state index contributed by atoms with van der Waals surface area (Å²) in [4.78, 5) is 2.48. The van der Waals surface area contributed by atoms with Gasteiger partial charge in [-0.3, -0.25) is 0 Å². The lowest BCUT2D eigenvalue weighted by molar-refractivity contribution is 0.0647. The lowest BCUT2D eigenvalue weighted by Gasteiger charge is -2.34. The van der Waals surface area contributed by atoms with E-state index in [0.29, 0.717) is 6.04 Å². The first-order valence-corrected chi connectivity index (χ1v) is 7.11. The van der Waals surface area contributed by atoms with Gasteiger partial charge < -0.3 is 10.0 Å². The van der Waals surface area contributed by atoms with E-state index in [0.717, 1.165) is 32.4 Å². The van der Waals surface area contributed by atoms with Gasteiger partial charge >= 0.3 is 0 Å². The van der Waals surface area contributed by atoms with Gasteiger partial charge in [-0.2, -0.15) is 0 Å². The number of likely N-dealkylation sites (tertiary alicyclic amines) is 1. The van der Waals surface area contributed by atoms with Gasteiger partial charge in [-0.25, -0.2) is 0 Å². The van der Waals surface area contributed by atoms with Crippen LogP contribution >= 0.6 is 15.9 Å². The molecule has 1 unspecified atom stereocenters. The number of hydrogen-bond donors (Lipinski definition) is 1. The molecule has 1 heterocycles. The van der Waals surface area contributed by atoms with Crippen LogP contribution in [0.2, 0.25) is 0 Å². The molecule has 0 spiro atoms. The maximum atomic E-state index is 9.51. The van der Waals surface area contributed by atoms with Crippen molar-refractivity contribution in [3.8, 4) is 0 Å². The molecule has 1 aliphatic rings. The highest BCUT2D eigenvalue weighted by atomic mass is 79.9. The number of hydrogen-bond acceptors (Lipinski definition) is 2. The molecule has 0 bridgehead atoms. The second-order valence-corrected chi connectivity index (χ2v) is 5.77. The van der Waals surface area contributed by atoms with Crippen molar-refractivity contribution >= 4 is 15.9 Å². The van der Waals surface area contributed by atoms with Gasteiger partial charge in [-0.15, -0.1) is 0 Å². The summed E-state index contributed by atoms with van der Waals surface area (Å²) in [6.07, 6.45) is 2.82. The van der Waals surface area contributed by atoms with E-state index in [9.17, 15) is 5.11 Å². The first-order valence-electron chi connectivity index (χ1n) is 6.32. The Morgan fingerprint density at radius 3 is 2.65 bits per heavy atom. The SMILES string of the molecule is CC(Cc1ccccc1Br)N1CCC(O)CC1. The molecule has 0 aromatic heterocycles. The van der Waals surface area contributed by atoms with Crippen molar-refractivity contribution in [2.75, 3.05) is 13.1 Å². The van der Waals surface area contributed by atoms with Crippen LogP contribution in [0.1, 0.15) is 25.3 Å². The smallest absolute Gasteiger partial charge is 0.0564 e. The number of rotatable bonds is 3. The summed E-state index contributed by atoms with van der Waals surface area (Å²) in [5, 5.41) is 9.51. The molecule has 1 aliphatic heterocycles. The van der Waals surface area contributed by atoms with Crippen LogP contribution in [0.15, 0.2) is 28.7 Å². The van der Waals surface area contributed by atoms with Crippen molar-refractivity contribution in [1.82, 2.24) is 4.90 Å². The van der Waals surface area contributed by atoms with Crippen LogP contribution in [0, 0.1) is 0 Å². The highest BCUT2D eigenvalue weighted by molar-refractivity contribution is 9.10. The Hall–Kier alpha value is -0.380. The van der Waals surface area contributed by atoms with E-state index in [-0.39, 0.29) is 6.10 Å². The molecule has 2 rings (SSSR count). The number of aliphatic hydroxyl groups is 1. The lowest BCUT2D eigenvalue weighted by atomic mass is 10.0. The molecular formula is C14H20BrNO. The first kappa shape index (κ1) is 13.1. The molecule has 1 aromatic carbocycles. The monoisotopic (exact) mass is 297 g/mol. The number of nitrogens with zero attached hydrogens (tertiary/aromatic N) is 1. The van der Waals surface area contributed by atoms with Gasteiger partial charge in [0.15, 0.2) is 0 Å². The van der Waals surface area contributed by atoms with Crippen LogP contribution in [-0.2, 0) is 6.42 Å². The normalized spacial score (nSPS) is 20.4. The highest BCUT2D eigenvalue weighted by Crippen LogP contribution is 2.21. The Kier molecular flexibility index (Phi) is 4.60. The quantitative estimate of drug-likeness (QED) is 0.927. The molecule has 0 radical (unpaired) electrons. The predicted molar refractivity (Wildman–Crippen MR) is 74.1 cm³/mol. The lowest BCUT2D eigenvalue weighted by Crippen LogP contribution is -2.42. The van der Waals surface area contributed by atoms with Gasteiger partial charge in [0.25, 0.3) is 0 Å². The van der Waals surface area contributed by atoms with Crippen molar-refractivity contribution in [2.24, 2.45) is 0 Å². The zero-order chi connectivity index (χ0) is 12.3. The average molecular weight is 298 g/mol. The fourth-order valence-electron chi connectivity index (χ4n) is 2.44. The summed E-state index contributed by atoms with van der Waals surface area (Å²) in [7, 11) is 0. The van der Waals surface area contributed by atoms with Crippen LogP contribution in [0.25, 0.3) is 0 Å². The average Bonchev–Trinajstić information content (AvgIpc) is 2.33. The second kappa shape index (κ2) is 5.98. The summed E-state index contributed by atoms with van der Waals surface area (Å²) in [6, 6.07) is 8.96. The molecule has 0 aliphatic carbocycles. The Labute approximate surface area is 112 Å². The minimum absolute atomic E-state index is 0.0816. The zero-order valence-electron chi connectivity index (χ0n) is 10.3. The Morgan fingerprint density at radius 1 is 1.35 bits per heavy atom. The van der Waals surface area contributed by atoms with Gasteiger partial charge in [-0.1, -0.05) is 34.1 Å². The van der Waals surface area contributed by atoms with Gasteiger partial charge in [0.2, 0.25) is 0 Å². The second-order valence-electron chi connectivity index (χ2n) is 4.91. The summed E-state index contributed by atoms with van der Waals surface area (Å²) in [5.41, 5.74) is 1.37. The number of benzene rings is 1. The fourth-order valence-corrected chi connectivity index (χ4v) is 2.88. The van der Waals surface area contributed by atoms with E-state index in [1.165, 1.54) is 10.0 Å². The largest absolute Gasteiger partial charge is 0.393 e. The Bertz CT molecular complexity index is 361. The molecule has 94 valence electrons. The molecule has 3 heteroatoms. The minimum atomic E-state index is -0.0816. The van der Waals surface area contributed by atoms with Gasteiger partial charge in [0.05, 0.1) is 6.10 Å². The summed E-state index contributed by atoms with van der Waals surface area (Å²) < 4.78 is 1.20. The van der Waals surface area contributed by atoms with E-state index in [4.69, 9.17) is 0 Å². The standard InChI is InChI=1S/C14H20BrNO/c1-11(16-8-6-13(17)7-9-16)10-12-4-2-3-5-14(12)15/h2-5,11,13,17H,6-10H2,1H3. The highest BCUT2D eigenvalue weighted by Gasteiger charge is 2.21. The van der Waals surface area contributed by atoms with E-state index in [2.05, 4.69) is 52.0 Å². The number of halogens is 1. The summed E-state index contributed by atoms with van der Waals surface area (Å²) in [5.74, 6) is 0. The van der Waals surface area contributed by atoms with Gasteiger partial charge in [-0.05, 0) is 37.8 Å². The van der Waals surface area contributed by atoms with Crippen molar-refractivity contribution in [1.29, 1.82) is 0 Å². The van der Waals surface area contributed by atoms with Crippen LogP contribution < -0.4 is 0 Å². The summed E-state index contributed by atoms with van der Waals surface area (Å²) in [6.45, 7) is 4.32. The topological polar surface area (TPSA) is 23.5 Å². The summed E-state index contributed by atoms with van der Waals surface area (Å²) >= 11 is 3.60. The first-order chi connectivity index (χ1) is 8.16. The van der Waals surface area contributed by atoms with E-state index in [1.807, 2.05) is 0 Å². The molecule has 17 heavy (non-hydrogen) atoms. The fraction of sp³-hybridized carbons (Fsp3) is 0.571. The van der Waals surface area contributed by atoms with E-state index >= 15 is 0 Å². The third-order valence-corrected chi connectivity index (χ3v) is 4.37. The van der Waals surface area contributed by atoms with E-state index in [1.54, 1.807) is 0 Å². The number of piperidine rings is 1. The van der Waals surface area contributed by atoms with E-state index < -0.39 is 0 Å². The zero-order valence-corrected chi connectivity index (χ0v) is 11.9. The molecule has 2 nitrogen and oxygen atoms in total. The van der Waals surface area contributed by atoms with Crippen molar-refractivity contribution in [2.45, 2.75) is 38.3 Å². The molecule has 1 fully saturated rings. The van der Waals surface area contributed by atoms with Crippen molar-refractivity contribution in [3.63, 3.8) is 0 Å². The molecule has 1 saturated heterocycles. The van der Waals surface area contributed by atoms with Crippen molar-refractivity contribution < 1.29 is 5.11 Å². The minimum Gasteiger partial charge on any atom is -0.393 e. The third kappa shape index (κ3) is 3.54. The third-order valence-electron chi connectivity index (χ3n) is 3.60. The molecule has 1 atom stereocenters. The molecule has 1 aromatic rings. The van der Waals surface area contributed by atoms with Crippen LogP contribution in [0.5, 0.6) is 0 Å². The maximum Gasteiger partial charge on any atom is 0.0564 e.